The number of Topliss-reactive ketones (excluding diaryl/α,β-unsaturated/α-hetero) is 1. The van der Waals surface area contributed by atoms with Crippen LogP contribution in [0.5, 0.6) is 0 Å². The molecule has 0 amide bonds. The number of nitrogens with zero attached hydrogens (tertiary/aromatic N) is 1. The molecule has 0 fully saturated rings. The van der Waals surface area contributed by atoms with Gasteiger partial charge in [-0.1, -0.05) is 0 Å². The Kier molecular flexibility index (Phi) is 4.78. The number of ketones is 1. The number of rotatable bonds is 5. The lowest BCUT2D eigenvalue weighted by molar-refractivity contribution is -0.118. The van der Waals surface area contributed by atoms with Crippen LogP contribution in [0.1, 0.15) is 11.3 Å². The van der Waals surface area contributed by atoms with E-state index in [1.54, 1.807) is 11.3 Å². The number of thiophene rings is 1. The molecule has 0 N–H and O–H groups in total. The van der Waals surface area contributed by atoms with Crippen LogP contribution in [0.3, 0.4) is 0 Å². The van der Waals surface area contributed by atoms with Crippen molar-refractivity contribution in [3.63, 3.8) is 0 Å². The SMILES string of the molecule is CN(C)CCC(=O)Cc1ccc(Br)s1. The van der Waals surface area contributed by atoms with Crippen LogP contribution in [0.15, 0.2) is 15.9 Å². The van der Waals surface area contributed by atoms with Crippen molar-refractivity contribution in [2.75, 3.05) is 20.6 Å². The molecule has 0 aliphatic rings. The Hall–Kier alpha value is -0.190. The van der Waals surface area contributed by atoms with Crippen molar-refractivity contribution in [2.24, 2.45) is 0 Å². The molecule has 14 heavy (non-hydrogen) atoms. The molecule has 0 radical (unpaired) electrons. The van der Waals surface area contributed by atoms with E-state index in [1.165, 1.54) is 0 Å². The Morgan fingerprint density at radius 2 is 2.21 bits per heavy atom. The molecule has 0 bridgehead atoms. The maximum absolute atomic E-state index is 11.5. The van der Waals surface area contributed by atoms with Gasteiger partial charge in [0, 0.05) is 24.3 Å². The van der Waals surface area contributed by atoms with Crippen LogP contribution < -0.4 is 0 Å². The van der Waals surface area contributed by atoms with Gasteiger partial charge in [0.2, 0.25) is 0 Å². The molecule has 0 aliphatic carbocycles. The highest BCUT2D eigenvalue weighted by molar-refractivity contribution is 9.11. The molecule has 4 heteroatoms. The Balaban J connectivity index is 2.34. The molecule has 1 aromatic rings. The smallest absolute Gasteiger partial charge is 0.139 e. The van der Waals surface area contributed by atoms with E-state index in [-0.39, 0.29) is 0 Å². The van der Waals surface area contributed by atoms with Crippen molar-refractivity contribution in [3.05, 3.63) is 20.8 Å². The topological polar surface area (TPSA) is 20.3 Å². The minimum Gasteiger partial charge on any atom is -0.309 e. The molecule has 1 aromatic heterocycles. The second-order valence-electron chi connectivity index (χ2n) is 3.47. The van der Waals surface area contributed by atoms with Gasteiger partial charge in [-0.05, 0) is 42.2 Å². The van der Waals surface area contributed by atoms with Gasteiger partial charge in [0.05, 0.1) is 3.79 Å². The van der Waals surface area contributed by atoms with Crippen LogP contribution in [0.25, 0.3) is 0 Å². The molecule has 78 valence electrons. The molecule has 0 aromatic carbocycles. The van der Waals surface area contributed by atoms with Gasteiger partial charge in [-0.25, -0.2) is 0 Å². The van der Waals surface area contributed by atoms with Gasteiger partial charge < -0.3 is 4.90 Å². The fraction of sp³-hybridized carbons (Fsp3) is 0.500. The summed E-state index contributed by atoms with van der Waals surface area (Å²) in [6.07, 6.45) is 1.21. The molecular formula is C10H14BrNOS. The van der Waals surface area contributed by atoms with E-state index in [2.05, 4.69) is 15.9 Å². The quantitative estimate of drug-likeness (QED) is 0.823. The fourth-order valence-corrected chi connectivity index (χ4v) is 2.59. The van der Waals surface area contributed by atoms with Gasteiger partial charge in [0.15, 0.2) is 0 Å². The summed E-state index contributed by atoms with van der Waals surface area (Å²) in [6, 6.07) is 3.99. The molecule has 0 unspecified atom stereocenters. The van der Waals surface area contributed by atoms with Crippen LogP contribution in [0, 0.1) is 0 Å². The van der Waals surface area contributed by atoms with Crippen LogP contribution in [-0.4, -0.2) is 31.3 Å². The highest BCUT2D eigenvalue weighted by Gasteiger charge is 2.06. The Morgan fingerprint density at radius 3 is 2.71 bits per heavy atom. The zero-order chi connectivity index (χ0) is 10.6. The van der Waals surface area contributed by atoms with Crippen molar-refractivity contribution in [1.82, 2.24) is 4.90 Å². The second kappa shape index (κ2) is 5.63. The van der Waals surface area contributed by atoms with Crippen molar-refractivity contribution in [3.8, 4) is 0 Å². The Morgan fingerprint density at radius 1 is 1.50 bits per heavy atom. The monoisotopic (exact) mass is 275 g/mol. The zero-order valence-corrected chi connectivity index (χ0v) is 10.8. The number of carbonyl (C=O) groups excluding carboxylic acids is 1. The lowest BCUT2D eigenvalue weighted by atomic mass is 10.2. The van der Waals surface area contributed by atoms with E-state index in [1.807, 2.05) is 31.1 Å². The standard InChI is InChI=1S/C10H14BrNOS/c1-12(2)6-5-8(13)7-9-3-4-10(11)14-9/h3-4H,5-7H2,1-2H3. The fourth-order valence-electron chi connectivity index (χ4n) is 1.08. The van der Waals surface area contributed by atoms with Gasteiger partial charge in [-0.15, -0.1) is 11.3 Å². The van der Waals surface area contributed by atoms with Gasteiger partial charge in [-0.2, -0.15) is 0 Å². The summed E-state index contributed by atoms with van der Waals surface area (Å²) >= 11 is 5.02. The first kappa shape index (κ1) is 11.9. The second-order valence-corrected chi connectivity index (χ2v) is 6.02. The maximum Gasteiger partial charge on any atom is 0.139 e. The van der Waals surface area contributed by atoms with Crippen LogP contribution in [0.4, 0.5) is 0 Å². The summed E-state index contributed by atoms with van der Waals surface area (Å²) in [4.78, 5) is 14.7. The third-order valence-corrected chi connectivity index (χ3v) is 3.46. The number of carbonyl (C=O) groups is 1. The minimum atomic E-state index is 0.313. The Bertz CT molecular complexity index is 309. The third-order valence-electron chi connectivity index (χ3n) is 1.84. The van der Waals surface area contributed by atoms with E-state index in [0.29, 0.717) is 18.6 Å². The summed E-state index contributed by atoms with van der Waals surface area (Å²) in [5.74, 6) is 0.313. The van der Waals surface area contributed by atoms with Crippen molar-refractivity contribution in [2.45, 2.75) is 12.8 Å². The predicted octanol–water partition coefficient (Wildman–Crippen LogP) is 2.57. The van der Waals surface area contributed by atoms with E-state index < -0.39 is 0 Å². The van der Waals surface area contributed by atoms with Gasteiger partial charge in [0.1, 0.15) is 5.78 Å². The number of hydrogen-bond acceptors (Lipinski definition) is 3. The molecule has 0 aliphatic heterocycles. The molecule has 0 atom stereocenters. The van der Waals surface area contributed by atoms with Crippen molar-refractivity contribution in [1.29, 1.82) is 0 Å². The Labute approximate surface area is 97.1 Å². The predicted molar refractivity (Wildman–Crippen MR) is 63.9 cm³/mol. The minimum absolute atomic E-state index is 0.313. The summed E-state index contributed by atoms with van der Waals surface area (Å²) in [5, 5.41) is 0. The molecule has 0 saturated carbocycles. The van der Waals surface area contributed by atoms with E-state index in [0.717, 1.165) is 15.2 Å². The summed E-state index contributed by atoms with van der Waals surface area (Å²) in [7, 11) is 3.96. The van der Waals surface area contributed by atoms with Gasteiger partial charge in [0.25, 0.3) is 0 Å². The molecule has 0 saturated heterocycles. The molecule has 1 heterocycles. The average molecular weight is 276 g/mol. The van der Waals surface area contributed by atoms with E-state index in [4.69, 9.17) is 0 Å². The van der Waals surface area contributed by atoms with Crippen LogP contribution in [-0.2, 0) is 11.2 Å². The third kappa shape index (κ3) is 4.35. The highest BCUT2D eigenvalue weighted by atomic mass is 79.9. The maximum atomic E-state index is 11.5. The normalized spacial score (nSPS) is 10.9. The summed E-state index contributed by atoms with van der Waals surface area (Å²) in [5.41, 5.74) is 0. The first-order chi connectivity index (χ1) is 6.58. The van der Waals surface area contributed by atoms with Gasteiger partial charge >= 0.3 is 0 Å². The first-order valence-corrected chi connectivity index (χ1v) is 6.09. The van der Waals surface area contributed by atoms with Crippen molar-refractivity contribution >= 4 is 33.0 Å². The lowest BCUT2D eigenvalue weighted by Crippen LogP contribution is -2.17. The highest BCUT2D eigenvalue weighted by Crippen LogP contribution is 2.22. The average Bonchev–Trinajstić information content (AvgIpc) is 2.48. The van der Waals surface area contributed by atoms with E-state index in [9.17, 15) is 4.79 Å². The number of halogens is 1. The summed E-state index contributed by atoms with van der Waals surface area (Å²) in [6.45, 7) is 0.839. The first-order valence-electron chi connectivity index (χ1n) is 4.48. The van der Waals surface area contributed by atoms with Crippen LogP contribution in [0.2, 0.25) is 0 Å². The lowest BCUT2D eigenvalue weighted by Gasteiger charge is -2.07. The summed E-state index contributed by atoms with van der Waals surface area (Å²) < 4.78 is 1.09. The largest absolute Gasteiger partial charge is 0.309 e. The molecule has 2 nitrogen and oxygen atoms in total. The molecular weight excluding hydrogens is 262 g/mol. The molecule has 1 rings (SSSR count). The van der Waals surface area contributed by atoms with E-state index >= 15 is 0 Å². The van der Waals surface area contributed by atoms with Crippen LogP contribution >= 0.6 is 27.3 Å². The zero-order valence-electron chi connectivity index (χ0n) is 8.42. The number of hydrogen-bond donors (Lipinski definition) is 0. The van der Waals surface area contributed by atoms with Crippen molar-refractivity contribution < 1.29 is 4.79 Å². The molecule has 0 spiro atoms. The van der Waals surface area contributed by atoms with Gasteiger partial charge in [-0.3, -0.25) is 4.79 Å².